The van der Waals surface area contributed by atoms with Crippen LogP contribution in [-0.2, 0) is 11.3 Å². The van der Waals surface area contributed by atoms with Gasteiger partial charge in [-0.05, 0) is 44.1 Å². The molecule has 1 amide bonds. The second kappa shape index (κ2) is 7.01. The summed E-state index contributed by atoms with van der Waals surface area (Å²) in [6.45, 7) is 2.93. The normalized spacial score (nSPS) is 10.3. The van der Waals surface area contributed by atoms with Crippen LogP contribution in [0.4, 0.5) is 4.39 Å². The maximum absolute atomic E-state index is 13.2. The van der Waals surface area contributed by atoms with Gasteiger partial charge in [-0.15, -0.1) is 0 Å². The van der Waals surface area contributed by atoms with E-state index < -0.39 is 0 Å². The van der Waals surface area contributed by atoms with E-state index in [-0.39, 0.29) is 11.7 Å². The number of halogens is 1. The number of carbonyl (C=O) groups is 1. The molecular formula is C13H19FN2O. The number of aryl methyl sites for hydroxylation is 1. The summed E-state index contributed by atoms with van der Waals surface area (Å²) in [5.74, 6) is -0.229. The lowest BCUT2D eigenvalue weighted by Crippen LogP contribution is -2.23. The van der Waals surface area contributed by atoms with E-state index in [1.54, 1.807) is 13.0 Å². The summed E-state index contributed by atoms with van der Waals surface area (Å²) >= 11 is 0. The van der Waals surface area contributed by atoms with Crippen molar-refractivity contribution in [3.63, 3.8) is 0 Å². The van der Waals surface area contributed by atoms with Crippen LogP contribution in [0, 0.1) is 12.7 Å². The molecule has 0 spiro atoms. The molecule has 0 aliphatic rings. The zero-order valence-corrected chi connectivity index (χ0v) is 10.3. The Labute approximate surface area is 101 Å². The van der Waals surface area contributed by atoms with Gasteiger partial charge in [0.1, 0.15) is 5.82 Å². The largest absolute Gasteiger partial charge is 0.352 e. The number of amides is 1. The van der Waals surface area contributed by atoms with Crippen LogP contribution < -0.4 is 10.6 Å². The summed E-state index contributed by atoms with van der Waals surface area (Å²) in [6.07, 6.45) is 1.31. The van der Waals surface area contributed by atoms with Gasteiger partial charge in [0, 0.05) is 13.0 Å². The van der Waals surface area contributed by atoms with Crippen molar-refractivity contribution in [3.05, 3.63) is 35.1 Å². The van der Waals surface area contributed by atoms with Crippen LogP contribution >= 0.6 is 0 Å². The Balaban J connectivity index is 2.34. The van der Waals surface area contributed by atoms with Crippen LogP contribution in [-0.4, -0.2) is 19.5 Å². The molecule has 1 rings (SSSR count). The van der Waals surface area contributed by atoms with E-state index in [4.69, 9.17) is 0 Å². The number of hydrogen-bond acceptors (Lipinski definition) is 2. The van der Waals surface area contributed by atoms with Gasteiger partial charge >= 0.3 is 0 Å². The summed E-state index contributed by atoms with van der Waals surface area (Å²) in [5, 5.41) is 5.75. The van der Waals surface area contributed by atoms with E-state index in [1.807, 2.05) is 13.1 Å². The predicted molar refractivity (Wildman–Crippen MR) is 66.1 cm³/mol. The molecule has 0 aromatic heterocycles. The van der Waals surface area contributed by atoms with Gasteiger partial charge in [0.25, 0.3) is 0 Å². The average Bonchev–Trinajstić information content (AvgIpc) is 2.31. The lowest BCUT2D eigenvalue weighted by molar-refractivity contribution is -0.121. The maximum Gasteiger partial charge on any atom is 0.220 e. The van der Waals surface area contributed by atoms with Crippen molar-refractivity contribution in [2.75, 3.05) is 13.6 Å². The standard InChI is InChI=1S/C13H19FN2O/c1-10-5-6-11(8-12(10)14)9-16-13(17)4-3-7-15-2/h5-6,8,15H,3-4,7,9H2,1-2H3,(H,16,17). The van der Waals surface area contributed by atoms with Crippen LogP contribution in [0.2, 0.25) is 0 Å². The van der Waals surface area contributed by atoms with Crippen molar-refractivity contribution in [2.45, 2.75) is 26.3 Å². The van der Waals surface area contributed by atoms with Crippen LogP contribution in [0.15, 0.2) is 18.2 Å². The molecule has 0 atom stereocenters. The molecule has 0 aliphatic heterocycles. The van der Waals surface area contributed by atoms with Crippen molar-refractivity contribution >= 4 is 5.91 Å². The molecular weight excluding hydrogens is 219 g/mol. The number of carbonyl (C=O) groups excluding carboxylic acids is 1. The third-order valence-electron chi connectivity index (χ3n) is 2.56. The quantitative estimate of drug-likeness (QED) is 0.741. The van der Waals surface area contributed by atoms with E-state index in [9.17, 15) is 9.18 Å². The van der Waals surface area contributed by atoms with Gasteiger partial charge in [0.2, 0.25) is 5.91 Å². The Morgan fingerprint density at radius 1 is 1.41 bits per heavy atom. The Morgan fingerprint density at radius 2 is 2.18 bits per heavy atom. The Hall–Kier alpha value is -1.42. The molecule has 0 fully saturated rings. The van der Waals surface area contributed by atoms with Crippen molar-refractivity contribution in [3.8, 4) is 0 Å². The summed E-state index contributed by atoms with van der Waals surface area (Å²) in [5.41, 5.74) is 1.41. The molecule has 94 valence electrons. The van der Waals surface area contributed by atoms with Crippen LogP contribution in [0.3, 0.4) is 0 Å². The molecule has 0 saturated carbocycles. The molecule has 4 heteroatoms. The number of nitrogens with one attached hydrogen (secondary N) is 2. The van der Waals surface area contributed by atoms with Gasteiger partial charge in [-0.2, -0.15) is 0 Å². The van der Waals surface area contributed by atoms with Crippen molar-refractivity contribution < 1.29 is 9.18 Å². The van der Waals surface area contributed by atoms with Gasteiger partial charge in [0.15, 0.2) is 0 Å². The fourth-order valence-electron chi connectivity index (χ4n) is 1.46. The van der Waals surface area contributed by atoms with Crippen LogP contribution in [0.25, 0.3) is 0 Å². The monoisotopic (exact) mass is 238 g/mol. The molecule has 0 aliphatic carbocycles. The van der Waals surface area contributed by atoms with E-state index in [2.05, 4.69) is 10.6 Å². The minimum Gasteiger partial charge on any atom is -0.352 e. The summed E-state index contributed by atoms with van der Waals surface area (Å²) < 4.78 is 13.2. The number of benzene rings is 1. The molecule has 0 bridgehead atoms. The second-order valence-electron chi connectivity index (χ2n) is 4.07. The topological polar surface area (TPSA) is 41.1 Å². The number of hydrogen-bond donors (Lipinski definition) is 2. The van der Waals surface area contributed by atoms with Gasteiger partial charge in [-0.3, -0.25) is 4.79 Å². The summed E-state index contributed by atoms with van der Waals surface area (Å²) in [7, 11) is 1.85. The van der Waals surface area contributed by atoms with Gasteiger partial charge in [-0.25, -0.2) is 4.39 Å². The van der Waals surface area contributed by atoms with E-state index in [0.29, 0.717) is 18.5 Å². The summed E-state index contributed by atoms with van der Waals surface area (Å²) in [6, 6.07) is 5.01. The molecule has 0 unspecified atom stereocenters. The van der Waals surface area contributed by atoms with Crippen molar-refractivity contribution in [1.29, 1.82) is 0 Å². The van der Waals surface area contributed by atoms with Gasteiger partial charge in [0.05, 0.1) is 0 Å². The zero-order chi connectivity index (χ0) is 12.7. The van der Waals surface area contributed by atoms with E-state index in [0.717, 1.165) is 18.5 Å². The zero-order valence-electron chi connectivity index (χ0n) is 10.3. The maximum atomic E-state index is 13.2. The molecule has 0 radical (unpaired) electrons. The third kappa shape index (κ3) is 4.95. The third-order valence-corrected chi connectivity index (χ3v) is 2.56. The molecule has 0 saturated heterocycles. The smallest absolute Gasteiger partial charge is 0.220 e. The fourth-order valence-corrected chi connectivity index (χ4v) is 1.46. The molecule has 3 nitrogen and oxygen atoms in total. The Morgan fingerprint density at radius 3 is 2.82 bits per heavy atom. The molecule has 1 aromatic rings. The first-order valence-electron chi connectivity index (χ1n) is 5.80. The van der Waals surface area contributed by atoms with Gasteiger partial charge < -0.3 is 10.6 Å². The lowest BCUT2D eigenvalue weighted by Gasteiger charge is -2.06. The molecule has 1 aromatic carbocycles. The predicted octanol–water partition coefficient (Wildman–Crippen LogP) is 1.75. The van der Waals surface area contributed by atoms with Crippen LogP contribution in [0.5, 0.6) is 0 Å². The average molecular weight is 238 g/mol. The molecule has 0 heterocycles. The van der Waals surface area contributed by atoms with Gasteiger partial charge in [-0.1, -0.05) is 12.1 Å². The first-order valence-corrected chi connectivity index (χ1v) is 5.80. The SMILES string of the molecule is CNCCCC(=O)NCc1ccc(C)c(F)c1. The highest BCUT2D eigenvalue weighted by Crippen LogP contribution is 2.08. The number of rotatable bonds is 6. The summed E-state index contributed by atoms with van der Waals surface area (Å²) in [4.78, 5) is 11.4. The highest BCUT2D eigenvalue weighted by molar-refractivity contribution is 5.75. The Bertz CT molecular complexity index is 380. The highest BCUT2D eigenvalue weighted by atomic mass is 19.1. The Kier molecular flexibility index (Phi) is 5.63. The molecule has 17 heavy (non-hydrogen) atoms. The highest BCUT2D eigenvalue weighted by Gasteiger charge is 2.02. The lowest BCUT2D eigenvalue weighted by atomic mass is 10.1. The van der Waals surface area contributed by atoms with Crippen molar-refractivity contribution in [1.82, 2.24) is 10.6 Å². The van der Waals surface area contributed by atoms with Crippen molar-refractivity contribution in [2.24, 2.45) is 0 Å². The fraction of sp³-hybridized carbons (Fsp3) is 0.462. The van der Waals surface area contributed by atoms with Crippen LogP contribution in [0.1, 0.15) is 24.0 Å². The first-order chi connectivity index (χ1) is 8.13. The first kappa shape index (κ1) is 13.6. The minimum atomic E-state index is -0.230. The minimum absolute atomic E-state index is 0.00114. The molecule has 2 N–H and O–H groups in total. The second-order valence-corrected chi connectivity index (χ2v) is 4.07. The van der Waals surface area contributed by atoms with E-state index >= 15 is 0 Å². The van der Waals surface area contributed by atoms with E-state index in [1.165, 1.54) is 6.07 Å².